The molecule has 2 aliphatic rings. The number of hydrogen-bond donors (Lipinski definition) is 2. The summed E-state index contributed by atoms with van der Waals surface area (Å²) in [6.07, 6.45) is 4.27. The Bertz CT molecular complexity index is 483. The highest BCUT2D eigenvalue weighted by atomic mass is 35.5. The van der Waals surface area contributed by atoms with Crippen LogP contribution < -0.4 is 11.1 Å². The molecule has 1 saturated carbocycles. The Balaban J connectivity index is 0.00000121. The van der Waals surface area contributed by atoms with Crippen LogP contribution >= 0.6 is 24.8 Å². The molecule has 0 bridgehead atoms. The number of nitrogens with zero attached hydrogens (tertiary/aromatic N) is 1. The summed E-state index contributed by atoms with van der Waals surface area (Å²) in [5.74, 6) is -0.0151. The normalized spacial score (nSPS) is 19.0. The summed E-state index contributed by atoms with van der Waals surface area (Å²) in [6, 6.07) is 8.52. The van der Waals surface area contributed by atoms with Crippen LogP contribution in [-0.2, 0) is 17.9 Å². The van der Waals surface area contributed by atoms with E-state index < -0.39 is 5.54 Å². The summed E-state index contributed by atoms with van der Waals surface area (Å²) < 4.78 is 0. The first-order valence-electron chi connectivity index (χ1n) is 7.53. The number of nitrogens with two attached hydrogens (primary N) is 1. The first-order chi connectivity index (χ1) is 9.66. The molecule has 0 radical (unpaired) electrons. The average Bonchev–Trinajstić information content (AvgIpc) is 3.01. The van der Waals surface area contributed by atoms with E-state index in [1.54, 1.807) is 0 Å². The fourth-order valence-corrected chi connectivity index (χ4v) is 2.68. The minimum absolute atomic E-state index is 0. The van der Waals surface area contributed by atoms with Crippen molar-refractivity contribution >= 4 is 30.7 Å². The maximum absolute atomic E-state index is 11.8. The van der Waals surface area contributed by atoms with Crippen LogP contribution in [0.25, 0.3) is 0 Å². The van der Waals surface area contributed by atoms with Gasteiger partial charge in [-0.3, -0.25) is 9.69 Å². The molecule has 124 valence electrons. The Morgan fingerprint density at radius 2 is 1.64 bits per heavy atom. The van der Waals surface area contributed by atoms with Gasteiger partial charge in [-0.2, -0.15) is 0 Å². The number of rotatable bonds is 5. The van der Waals surface area contributed by atoms with Crippen LogP contribution in [0.1, 0.15) is 36.8 Å². The smallest absolute Gasteiger partial charge is 0.240 e. The van der Waals surface area contributed by atoms with E-state index in [0.29, 0.717) is 6.54 Å². The number of carbonyl (C=O) groups excluding carboxylic acids is 1. The molecule has 0 unspecified atom stereocenters. The monoisotopic (exact) mass is 345 g/mol. The Kier molecular flexibility index (Phi) is 7.13. The van der Waals surface area contributed by atoms with Gasteiger partial charge in [0.1, 0.15) is 0 Å². The van der Waals surface area contributed by atoms with Gasteiger partial charge in [0.2, 0.25) is 5.91 Å². The summed E-state index contributed by atoms with van der Waals surface area (Å²) in [5.41, 5.74) is 7.76. The van der Waals surface area contributed by atoms with Gasteiger partial charge in [-0.25, -0.2) is 0 Å². The number of likely N-dealkylation sites (tertiary alicyclic amines) is 1. The molecule has 1 heterocycles. The average molecular weight is 346 g/mol. The molecule has 6 heteroatoms. The predicted octanol–water partition coefficient (Wildman–Crippen LogP) is 2.23. The molecule has 3 rings (SSSR count). The van der Waals surface area contributed by atoms with Crippen LogP contribution in [0, 0.1) is 0 Å². The molecular weight excluding hydrogens is 321 g/mol. The Morgan fingerprint density at radius 1 is 1.09 bits per heavy atom. The van der Waals surface area contributed by atoms with Gasteiger partial charge in [0.25, 0.3) is 0 Å². The molecule has 22 heavy (non-hydrogen) atoms. The second-order valence-corrected chi connectivity index (χ2v) is 6.14. The van der Waals surface area contributed by atoms with Crippen molar-refractivity contribution in [2.24, 2.45) is 5.73 Å². The minimum Gasteiger partial charge on any atom is -0.350 e. The SMILES string of the molecule is Cl.Cl.NC1(C(=O)NCc2ccc(CN3CCCC3)cc2)CC1. The van der Waals surface area contributed by atoms with E-state index in [-0.39, 0.29) is 30.7 Å². The van der Waals surface area contributed by atoms with Gasteiger partial charge >= 0.3 is 0 Å². The quantitative estimate of drug-likeness (QED) is 0.860. The fourth-order valence-electron chi connectivity index (χ4n) is 2.68. The van der Waals surface area contributed by atoms with Crippen LogP contribution in [0.2, 0.25) is 0 Å². The number of benzene rings is 1. The molecule has 0 spiro atoms. The molecule has 0 atom stereocenters. The van der Waals surface area contributed by atoms with E-state index in [4.69, 9.17) is 5.73 Å². The highest BCUT2D eigenvalue weighted by Crippen LogP contribution is 2.32. The van der Waals surface area contributed by atoms with Crippen molar-refractivity contribution in [2.45, 2.75) is 44.3 Å². The van der Waals surface area contributed by atoms with Gasteiger partial charge in [-0.05, 0) is 49.9 Å². The molecule has 1 aliphatic heterocycles. The number of halogens is 2. The largest absolute Gasteiger partial charge is 0.350 e. The van der Waals surface area contributed by atoms with Crippen LogP contribution in [0.15, 0.2) is 24.3 Å². The summed E-state index contributed by atoms with van der Waals surface area (Å²) in [7, 11) is 0. The van der Waals surface area contributed by atoms with E-state index >= 15 is 0 Å². The lowest BCUT2D eigenvalue weighted by Gasteiger charge is -2.15. The van der Waals surface area contributed by atoms with Crippen molar-refractivity contribution in [3.63, 3.8) is 0 Å². The molecule has 2 fully saturated rings. The fraction of sp³-hybridized carbons (Fsp3) is 0.562. The highest BCUT2D eigenvalue weighted by molar-refractivity contribution is 5.88. The van der Waals surface area contributed by atoms with Gasteiger partial charge in [0.15, 0.2) is 0 Å². The van der Waals surface area contributed by atoms with Crippen LogP contribution in [0.5, 0.6) is 0 Å². The zero-order valence-corrected chi connectivity index (χ0v) is 14.3. The van der Waals surface area contributed by atoms with E-state index in [9.17, 15) is 4.79 Å². The second-order valence-electron chi connectivity index (χ2n) is 6.14. The lowest BCUT2D eigenvalue weighted by molar-refractivity contribution is -0.123. The lowest BCUT2D eigenvalue weighted by Crippen LogP contribution is -2.42. The minimum atomic E-state index is -0.574. The third-order valence-corrected chi connectivity index (χ3v) is 4.32. The molecular formula is C16H25Cl2N3O. The molecule has 0 aromatic heterocycles. The first-order valence-corrected chi connectivity index (χ1v) is 7.53. The van der Waals surface area contributed by atoms with Crippen LogP contribution in [0.4, 0.5) is 0 Å². The van der Waals surface area contributed by atoms with Gasteiger partial charge < -0.3 is 11.1 Å². The van der Waals surface area contributed by atoms with Gasteiger partial charge in [-0.1, -0.05) is 24.3 Å². The molecule has 3 N–H and O–H groups in total. The summed E-state index contributed by atoms with van der Waals surface area (Å²) >= 11 is 0. The maximum atomic E-state index is 11.8. The van der Waals surface area contributed by atoms with Crippen molar-refractivity contribution in [3.05, 3.63) is 35.4 Å². The molecule has 4 nitrogen and oxygen atoms in total. The molecule has 1 saturated heterocycles. The van der Waals surface area contributed by atoms with Crippen molar-refractivity contribution in [1.82, 2.24) is 10.2 Å². The Labute approximate surface area is 144 Å². The molecule has 1 aromatic carbocycles. The van der Waals surface area contributed by atoms with E-state index in [1.807, 2.05) is 0 Å². The number of hydrogen-bond acceptors (Lipinski definition) is 3. The topological polar surface area (TPSA) is 58.4 Å². The first kappa shape index (κ1) is 19.2. The van der Waals surface area contributed by atoms with Crippen LogP contribution in [-0.4, -0.2) is 29.4 Å². The van der Waals surface area contributed by atoms with Crippen molar-refractivity contribution < 1.29 is 4.79 Å². The third kappa shape index (κ3) is 4.85. The summed E-state index contributed by atoms with van der Waals surface area (Å²) in [5, 5.41) is 2.92. The molecule has 1 aliphatic carbocycles. The zero-order valence-electron chi connectivity index (χ0n) is 12.7. The summed E-state index contributed by atoms with van der Waals surface area (Å²) in [6.45, 7) is 4.05. The van der Waals surface area contributed by atoms with Gasteiger partial charge in [0.05, 0.1) is 5.54 Å². The number of carbonyl (C=O) groups is 1. The molecule has 1 amide bonds. The Hall–Kier alpha value is -0.810. The molecule has 1 aromatic rings. The lowest BCUT2D eigenvalue weighted by atomic mass is 10.1. The third-order valence-electron chi connectivity index (χ3n) is 4.32. The number of amides is 1. The van der Waals surface area contributed by atoms with E-state index in [1.165, 1.54) is 31.5 Å². The van der Waals surface area contributed by atoms with Crippen molar-refractivity contribution in [2.75, 3.05) is 13.1 Å². The number of nitrogens with one attached hydrogen (secondary N) is 1. The van der Waals surface area contributed by atoms with E-state index in [2.05, 4.69) is 34.5 Å². The van der Waals surface area contributed by atoms with Gasteiger partial charge in [0, 0.05) is 13.1 Å². The summed E-state index contributed by atoms with van der Waals surface area (Å²) in [4.78, 5) is 14.2. The standard InChI is InChI=1S/C16H23N3O.2ClH/c17-16(7-8-16)15(20)18-11-13-3-5-14(6-4-13)12-19-9-1-2-10-19;;/h3-6H,1-2,7-12,17H2,(H,18,20);2*1H. The van der Waals surface area contributed by atoms with Crippen molar-refractivity contribution in [3.8, 4) is 0 Å². The Morgan fingerprint density at radius 3 is 2.18 bits per heavy atom. The van der Waals surface area contributed by atoms with Gasteiger partial charge in [-0.15, -0.1) is 24.8 Å². The second kappa shape index (κ2) is 8.16. The highest BCUT2D eigenvalue weighted by Gasteiger charge is 2.45. The van der Waals surface area contributed by atoms with Crippen LogP contribution in [0.3, 0.4) is 0 Å². The maximum Gasteiger partial charge on any atom is 0.240 e. The zero-order chi connectivity index (χ0) is 14.0. The predicted molar refractivity (Wildman–Crippen MR) is 93.4 cm³/mol. The van der Waals surface area contributed by atoms with E-state index in [0.717, 1.165) is 24.9 Å². The van der Waals surface area contributed by atoms with Crippen molar-refractivity contribution in [1.29, 1.82) is 0 Å².